The number of benzene rings is 4. The van der Waals surface area contributed by atoms with Crippen molar-refractivity contribution in [1.82, 2.24) is 4.98 Å². The second kappa shape index (κ2) is 6.99. The monoisotopic (exact) mass is 380 g/mol. The van der Waals surface area contributed by atoms with Gasteiger partial charge in [0.2, 0.25) is 5.89 Å². The van der Waals surface area contributed by atoms with Gasteiger partial charge >= 0.3 is 0 Å². The van der Waals surface area contributed by atoms with Crippen LogP contribution in [0.15, 0.2) is 89.3 Å². The number of para-hydroxylation sites is 1. The Morgan fingerprint density at radius 3 is 2.24 bits per heavy atom. The summed E-state index contributed by atoms with van der Waals surface area (Å²) < 4.78 is 11.4. The third-order valence-electron chi connectivity index (χ3n) is 5.22. The molecule has 4 aromatic carbocycles. The van der Waals surface area contributed by atoms with Gasteiger partial charge in [-0.25, -0.2) is 4.98 Å². The fourth-order valence-electron chi connectivity index (χ4n) is 3.66. The first-order chi connectivity index (χ1) is 14.2. The molecule has 0 N–H and O–H groups in total. The molecule has 0 bridgehead atoms. The molecular weight excluding hydrogens is 360 g/mol. The number of anilines is 2. The lowest BCUT2D eigenvalue weighted by atomic mass is 10.1. The molecule has 0 saturated heterocycles. The van der Waals surface area contributed by atoms with Gasteiger partial charge in [0.25, 0.3) is 0 Å². The maximum atomic E-state index is 6.18. The Kier molecular flexibility index (Phi) is 4.17. The molecule has 0 saturated carbocycles. The van der Waals surface area contributed by atoms with Gasteiger partial charge in [-0.2, -0.15) is 0 Å². The Balaban J connectivity index is 1.70. The number of ether oxygens (including phenoxy) is 1. The van der Waals surface area contributed by atoms with Crippen LogP contribution in [0.2, 0.25) is 0 Å². The molecule has 0 aliphatic rings. The van der Waals surface area contributed by atoms with Crippen LogP contribution in [0.5, 0.6) is 5.75 Å². The summed E-state index contributed by atoms with van der Waals surface area (Å²) in [5.41, 5.74) is 4.76. The smallest absolute Gasteiger partial charge is 0.227 e. The molecule has 29 heavy (non-hydrogen) atoms. The summed E-state index contributed by atoms with van der Waals surface area (Å²) in [7, 11) is 3.73. The van der Waals surface area contributed by atoms with E-state index in [1.165, 1.54) is 0 Å². The van der Waals surface area contributed by atoms with Crippen molar-refractivity contribution in [3.63, 3.8) is 0 Å². The number of hydrogen-bond donors (Lipinski definition) is 0. The molecule has 1 aromatic heterocycles. The molecular formula is C25H20N2O2. The largest absolute Gasteiger partial charge is 0.497 e. The lowest BCUT2D eigenvalue weighted by molar-refractivity contribution is 0.415. The Bertz CT molecular complexity index is 1290. The zero-order valence-electron chi connectivity index (χ0n) is 16.3. The van der Waals surface area contributed by atoms with Gasteiger partial charge in [-0.05, 0) is 36.4 Å². The molecule has 0 aliphatic heterocycles. The molecule has 0 fully saturated rings. The highest BCUT2D eigenvalue weighted by atomic mass is 16.5. The van der Waals surface area contributed by atoms with Crippen molar-refractivity contribution < 1.29 is 9.15 Å². The summed E-state index contributed by atoms with van der Waals surface area (Å²) >= 11 is 0. The third kappa shape index (κ3) is 2.99. The number of nitrogens with zero attached hydrogens (tertiary/aromatic N) is 2. The van der Waals surface area contributed by atoms with Gasteiger partial charge in [-0.15, -0.1) is 0 Å². The van der Waals surface area contributed by atoms with Gasteiger partial charge in [-0.1, -0.05) is 42.5 Å². The van der Waals surface area contributed by atoms with Crippen molar-refractivity contribution in [2.75, 3.05) is 19.1 Å². The maximum absolute atomic E-state index is 6.18. The van der Waals surface area contributed by atoms with Crippen molar-refractivity contribution in [3.05, 3.63) is 84.9 Å². The van der Waals surface area contributed by atoms with Gasteiger partial charge in [0.15, 0.2) is 5.58 Å². The van der Waals surface area contributed by atoms with Crippen LogP contribution in [0.25, 0.3) is 33.3 Å². The molecule has 0 aliphatic carbocycles. The predicted octanol–water partition coefficient (Wildman–Crippen LogP) is 6.42. The quantitative estimate of drug-likeness (QED) is 0.360. The van der Waals surface area contributed by atoms with Crippen LogP contribution in [-0.2, 0) is 0 Å². The SMILES string of the molecule is COc1ccc(-c2nc3c(cc(N(C)c4ccccc4)c4ccccc43)o2)cc1. The van der Waals surface area contributed by atoms with Crippen LogP contribution < -0.4 is 9.64 Å². The van der Waals surface area contributed by atoms with E-state index in [4.69, 9.17) is 14.1 Å². The van der Waals surface area contributed by atoms with Crippen LogP contribution in [-0.4, -0.2) is 19.1 Å². The summed E-state index contributed by atoms with van der Waals surface area (Å²) in [5.74, 6) is 1.41. The van der Waals surface area contributed by atoms with Crippen molar-refractivity contribution >= 4 is 33.2 Å². The molecule has 142 valence electrons. The van der Waals surface area contributed by atoms with Crippen molar-refractivity contribution in [2.24, 2.45) is 0 Å². The van der Waals surface area contributed by atoms with Crippen molar-refractivity contribution in [3.8, 4) is 17.2 Å². The summed E-state index contributed by atoms with van der Waals surface area (Å²) in [5, 5.41) is 2.22. The van der Waals surface area contributed by atoms with Gasteiger partial charge in [0.05, 0.1) is 12.8 Å². The Hall–Kier alpha value is -3.79. The second-order valence-electron chi connectivity index (χ2n) is 6.93. The first kappa shape index (κ1) is 17.3. The first-order valence-corrected chi connectivity index (χ1v) is 9.50. The van der Waals surface area contributed by atoms with E-state index < -0.39 is 0 Å². The Morgan fingerprint density at radius 1 is 0.828 bits per heavy atom. The standard InChI is InChI=1S/C25H20N2O2/c1-27(18-8-4-3-5-9-18)22-16-23-24(21-11-7-6-10-20(21)22)26-25(29-23)17-12-14-19(28-2)15-13-17/h3-16H,1-2H3. The van der Waals surface area contributed by atoms with Crippen LogP contribution in [0, 0.1) is 0 Å². The van der Waals surface area contributed by atoms with E-state index in [1.807, 2.05) is 48.5 Å². The normalized spacial score (nSPS) is 11.1. The third-order valence-corrected chi connectivity index (χ3v) is 5.22. The summed E-state index contributed by atoms with van der Waals surface area (Å²) in [6.45, 7) is 0. The molecule has 5 aromatic rings. The van der Waals surface area contributed by atoms with Gasteiger partial charge in [0, 0.05) is 35.1 Å². The zero-order valence-corrected chi connectivity index (χ0v) is 16.3. The first-order valence-electron chi connectivity index (χ1n) is 9.50. The number of methoxy groups -OCH3 is 1. The van der Waals surface area contributed by atoms with Crippen LogP contribution in [0.1, 0.15) is 0 Å². The molecule has 4 heteroatoms. The van der Waals surface area contributed by atoms with E-state index in [-0.39, 0.29) is 0 Å². The van der Waals surface area contributed by atoms with Gasteiger partial charge in [0.1, 0.15) is 11.3 Å². The fourth-order valence-corrected chi connectivity index (χ4v) is 3.66. The summed E-state index contributed by atoms with van der Waals surface area (Å²) in [6, 6.07) is 28.5. The molecule has 0 unspecified atom stereocenters. The number of hydrogen-bond acceptors (Lipinski definition) is 4. The van der Waals surface area contributed by atoms with Crippen LogP contribution in [0.3, 0.4) is 0 Å². The highest BCUT2D eigenvalue weighted by molar-refractivity contribution is 6.11. The van der Waals surface area contributed by atoms with E-state index in [0.29, 0.717) is 5.89 Å². The second-order valence-corrected chi connectivity index (χ2v) is 6.93. The molecule has 5 rings (SSSR count). The molecule has 0 atom stereocenters. The minimum absolute atomic E-state index is 0.604. The molecule has 0 amide bonds. The van der Waals surface area contributed by atoms with E-state index >= 15 is 0 Å². The fraction of sp³-hybridized carbons (Fsp3) is 0.0800. The van der Waals surface area contributed by atoms with Crippen molar-refractivity contribution in [2.45, 2.75) is 0 Å². The average Bonchev–Trinajstić information content (AvgIpc) is 3.23. The highest BCUT2D eigenvalue weighted by Crippen LogP contribution is 2.38. The molecule has 4 nitrogen and oxygen atoms in total. The minimum atomic E-state index is 0.604. The zero-order chi connectivity index (χ0) is 19.8. The number of rotatable bonds is 4. The molecule has 1 heterocycles. The average molecular weight is 380 g/mol. The minimum Gasteiger partial charge on any atom is -0.497 e. The lowest BCUT2D eigenvalue weighted by Crippen LogP contribution is -2.09. The predicted molar refractivity (Wildman–Crippen MR) is 118 cm³/mol. The van der Waals surface area contributed by atoms with E-state index in [9.17, 15) is 0 Å². The van der Waals surface area contributed by atoms with E-state index in [2.05, 4.69) is 48.3 Å². The Labute approximate surface area is 169 Å². The Morgan fingerprint density at radius 2 is 1.52 bits per heavy atom. The number of fused-ring (bicyclic) bond motifs is 3. The van der Waals surface area contributed by atoms with E-state index in [0.717, 1.165) is 44.6 Å². The molecule has 0 radical (unpaired) electrons. The van der Waals surface area contributed by atoms with Crippen LogP contribution >= 0.6 is 0 Å². The summed E-state index contributed by atoms with van der Waals surface area (Å²) in [4.78, 5) is 6.99. The van der Waals surface area contributed by atoms with Crippen molar-refractivity contribution in [1.29, 1.82) is 0 Å². The van der Waals surface area contributed by atoms with Gasteiger partial charge in [-0.3, -0.25) is 0 Å². The lowest BCUT2D eigenvalue weighted by Gasteiger charge is -2.21. The van der Waals surface area contributed by atoms with Gasteiger partial charge < -0.3 is 14.1 Å². The maximum Gasteiger partial charge on any atom is 0.227 e. The number of aromatic nitrogens is 1. The topological polar surface area (TPSA) is 38.5 Å². The summed E-state index contributed by atoms with van der Waals surface area (Å²) in [6.07, 6.45) is 0. The highest BCUT2D eigenvalue weighted by Gasteiger charge is 2.16. The van der Waals surface area contributed by atoms with E-state index in [1.54, 1.807) is 7.11 Å². The number of oxazole rings is 1. The molecule has 0 spiro atoms. The van der Waals surface area contributed by atoms with Crippen LogP contribution in [0.4, 0.5) is 11.4 Å².